The molecule has 0 bridgehead atoms. The quantitative estimate of drug-likeness (QED) is 0.524. The van der Waals surface area contributed by atoms with Crippen LogP contribution in [0.1, 0.15) is 16.9 Å². The van der Waals surface area contributed by atoms with Crippen molar-refractivity contribution < 1.29 is 14.0 Å². The number of hydrogen-bond acceptors (Lipinski definition) is 4. The summed E-state index contributed by atoms with van der Waals surface area (Å²) in [6.45, 7) is 3.86. The van der Waals surface area contributed by atoms with Gasteiger partial charge in [0.25, 0.3) is 11.8 Å². The van der Waals surface area contributed by atoms with E-state index in [0.29, 0.717) is 11.4 Å². The molecule has 1 aromatic carbocycles. The molecule has 0 radical (unpaired) electrons. The Morgan fingerprint density at radius 2 is 2.00 bits per heavy atom. The van der Waals surface area contributed by atoms with Crippen LogP contribution < -0.4 is 10.2 Å². The van der Waals surface area contributed by atoms with Crippen LogP contribution in [0, 0.1) is 13.8 Å². The highest BCUT2D eigenvalue weighted by molar-refractivity contribution is 7.80. The molecule has 0 spiro atoms. The summed E-state index contributed by atoms with van der Waals surface area (Å²) in [5, 5.41) is 2.62. The zero-order valence-corrected chi connectivity index (χ0v) is 13.4. The second-order valence-corrected chi connectivity index (χ2v) is 5.65. The summed E-state index contributed by atoms with van der Waals surface area (Å²) in [7, 11) is 0. The second-order valence-electron chi connectivity index (χ2n) is 5.26. The molecule has 1 aliphatic rings. The van der Waals surface area contributed by atoms with Crippen molar-refractivity contribution in [3.63, 3.8) is 0 Å². The number of benzene rings is 1. The van der Waals surface area contributed by atoms with Crippen molar-refractivity contribution in [3.8, 4) is 0 Å². The van der Waals surface area contributed by atoms with E-state index < -0.39 is 11.8 Å². The molecule has 2 amide bonds. The van der Waals surface area contributed by atoms with Gasteiger partial charge in [-0.15, -0.1) is 0 Å². The third-order valence-corrected chi connectivity index (χ3v) is 3.81. The Hall–Kier alpha value is -2.73. The van der Waals surface area contributed by atoms with E-state index in [1.165, 1.54) is 17.2 Å². The van der Waals surface area contributed by atoms with E-state index in [-0.39, 0.29) is 10.7 Å². The van der Waals surface area contributed by atoms with E-state index in [1.807, 2.05) is 32.0 Å². The first kappa shape index (κ1) is 15.2. The van der Waals surface area contributed by atoms with Gasteiger partial charge in [-0.05, 0) is 55.9 Å². The number of amides is 2. The highest BCUT2D eigenvalue weighted by atomic mass is 32.1. The fraction of sp³-hybridized carbons (Fsp3) is 0.118. The van der Waals surface area contributed by atoms with Crippen LogP contribution >= 0.6 is 12.2 Å². The summed E-state index contributed by atoms with van der Waals surface area (Å²) in [5.41, 5.74) is 2.61. The molecule has 5 nitrogen and oxygen atoms in total. The number of carbonyl (C=O) groups is 2. The summed E-state index contributed by atoms with van der Waals surface area (Å²) in [5.74, 6) is -0.573. The Balaban J connectivity index is 2.05. The molecule has 0 saturated carbocycles. The maximum Gasteiger partial charge on any atom is 0.270 e. The predicted octanol–water partition coefficient (Wildman–Crippen LogP) is 2.73. The SMILES string of the molecule is Cc1ccc(N2C(=O)/C(=C/c3ccco3)C(=O)NC2=S)c(C)c1. The van der Waals surface area contributed by atoms with Crippen LogP contribution in [0.15, 0.2) is 46.6 Å². The van der Waals surface area contributed by atoms with Crippen LogP contribution in [0.2, 0.25) is 0 Å². The predicted molar refractivity (Wildman–Crippen MR) is 90.8 cm³/mol. The topological polar surface area (TPSA) is 62.6 Å². The van der Waals surface area contributed by atoms with Crippen LogP contribution in [0.4, 0.5) is 5.69 Å². The Morgan fingerprint density at radius 1 is 1.22 bits per heavy atom. The summed E-state index contributed by atoms with van der Waals surface area (Å²) < 4.78 is 5.18. The normalized spacial score (nSPS) is 16.9. The lowest BCUT2D eigenvalue weighted by Crippen LogP contribution is -2.54. The molecule has 116 valence electrons. The number of nitrogens with zero attached hydrogens (tertiary/aromatic N) is 1. The maximum absolute atomic E-state index is 12.8. The fourth-order valence-corrected chi connectivity index (χ4v) is 2.72. The first-order valence-corrected chi connectivity index (χ1v) is 7.40. The van der Waals surface area contributed by atoms with E-state index >= 15 is 0 Å². The van der Waals surface area contributed by atoms with Crippen molar-refractivity contribution in [2.45, 2.75) is 13.8 Å². The van der Waals surface area contributed by atoms with Gasteiger partial charge < -0.3 is 4.42 Å². The molecule has 1 aromatic heterocycles. The minimum absolute atomic E-state index is 0.0199. The van der Waals surface area contributed by atoms with Gasteiger partial charge in [0.15, 0.2) is 5.11 Å². The van der Waals surface area contributed by atoms with Crippen molar-refractivity contribution in [1.82, 2.24) is 5.32 Å². The zero-order chi connectivity index (χ0) is 16.6. The first-order valence-electron chi connectivity index (χ1n) is 6.99. The summed E-state index contributed by atoms with van der Waals surface area (Å²) in [6, 6.07) is 9.02. The third-order valence-electron chi connectivity index (χ3n) is 3.52. The molecule has 1 aliphatic heterocycles. The average molecular weight is 326 g/mol. The lowest BCUT2D eigenvalue weighted by molar-refractivity contribution is -0.122. The van der Waals surface area contributed by atoms with Crippen molar-refractivity contribution in [3.05, 3.63) is 59.1 Å². The van der Waals surface area contributed by atoms with E-state index in [2.05, 4.69) is 5.32 Å². The Labute approximate surface area is 138 Å². The maximum atomic E-state index is 12.8. The van der Waals surface area contributed by atoms with Gasteiger partial charge in [0.2, 0.25) is 0 Å². The number of furan rings is 1. The Morgan fingerprint density at radius 3 is 2.65 bits per heavy atom. The molecule has 1 saturated heterocycles. The molecule has 0 aliphatic carbocycles. The molecule has 0 unspecified atom stereocenters. The van der Waals surface area contributed by atoms with Crippen LogP contribution in [0.3, 0.4) is 0 Å². The number of hydrogen-bond donors (Lipinski definition) is 1. The number of thiocarbonyl (C=S) groups is 1. The molecule has 2 aromatic rings. The standard InChI is InChI=1S/C17H14N2O3S/c1-10-5-6-14(11(2)8-10)19-16(21)13(15(20)18-17(19)23)9-12-4-3-7-22-12/h3-9H,1-2H3,(H,18,20,23)/b13-9+. The third kappa shape index (κ3) is 2.80. The van der Waals surface area contributed by atoms with Gasteiger partial charge in [-0.25, -0.2) is 0 Å². The molecule has 3 rings (SSSR count). The van der Waals surface area contributed by atoms with Crippen LogP contribution in [-0.4, -0.2) is 16.9 Å². The van der Waals surface area contributed by atoms with E-state index in [4.69, 9.17) is 16.6 Å². The Bertz CT molecular complexity index is 838. The number of rotatable bonds is 2. The van der Waals surface area contributed by atoms with Gasteiger partial charge in [0, 0.05) is 0 Å². The van der Waals surface area contributed by atoms with E-state index in [0.717, 1.165) is 11.1 Å². The first-order chi connectivity index (χ1) is 11.0. The summed E-state index contributed by atoms with van der Waals surface area (Å²) in [6.07, 6.45) is 2.89. The molecule has 1 fully saturated rings. The summed E-state index contributed by atoms with van der Waals surface area (Å²) >= 11 is 5.18. The minimum atomic E-state index is -0.530. The largest absolute Gasteiger partial charge is 0.465 e. The lowest BCUT2D eigenvalue weighted by Gasteiger charge is -2.30. The van der Waals surface area contributed by atoms with Gasteiger partial charge in [-0.1, -0.05) is 17.7 Å². The highest BCUT2D eigenvalue weighted by Gasteiger charge is 2.35. The fourth-order valence-electron chi connectivity index (χ4n) is 2.45. The lowest BCUT2D eigenvalue weighted by atomic mass is 10.1. The van der Waals surface area contributed by atoms with Crippen LogP contribution in [0.25, 0.3) is 6.08 Å². The van der Waals surface area contributed by atoms with Gasteiger partial charge in [0.1, 0.15) is 11.3 Å². The van der Waals surface area contributed by atoms with Crippen molar-refractivity contribution in [1.29, 1.82) is 0 Å². The van der Waals surface area contributed by atoms with Crippen LogP contribution in [0.5, 0.6) is 0 Å². The molecule has 2 heterocycles. The number of carbonyl (C=O) groups excluding carboxylic acids is 2. The average Bonchev–Trinajstić information content (AvgIpc) is 2.98. The zero-order valence-electron chi connectivity index (χ0n) is 12.6. The number of aryl methyl sites for hydroxylation is 2. The molecular weight excluding hydrogens is 312 g/mol. The van der Waals surface area contributed by atoms with Gasteiger partial charge in [-0.3, -0.25) is 19.8 Å². The summed E-state index contributed by atoms with van der Waals surface area (Å²) in [4.78, 5) is 26.2. The van der Waals surface area contributed by atoms with Gasteiger partial charge in [0.05, 0.1) is 12.0 Å². The Kier molecular flexibility index (Phi) is 3.83. The van der Waals surface area contributed by atoms with E-state index in [9.17, 15) is 9.59 Å². The smallest absolute Gasteiger partial charge is 0.270 e. The number of nitrogens with one attached hydrogen (secondary N) is 1. The highest BCUT2D eigenvalue weighted by Crippen LogP contribution is 2.26. The number of anilines is 1. The van der Waals surface area contributed by atoms with Crippen LogP contribution in [-0.2, 0) is 9.59 Å². The van der Waals surface area contributed by atoms with Crippen molar-refractivity contribution >= 4 is 40.9 Å². The van der Waals surface area contributed by atoms with Crippen molar-refractivity contribution in [2.24, 2.45) is 0 Å². The monoisotopic (exact) mass is 326 g/mol. The molecule has 23 heavy (non-hydrogen) atoms. The van der Waals surface area contributed by atoms with Gasteiger partial charge >= 0.3 is 0 Å². The second kappa shape index (κ2) is 5.81. The van der Waals surface area contributed by atoms with E-state index in [1.54, 1.807) is 12.1 Å². The van der Waals surface area contributed by atoms with Gasteiger partial charge in [-0.2, -0.15) is 0 Å². The molecular formula is C17H14N2O3S. The molecule has 1 N–H and O–H groups in total. The molecule has 6 heteroatoms. The van der Waals surface area contributed by atoms with Crippen molar-refractivity contribution in [2.75, 3.05) is 4.90 Å². The minimum Gasteiger partial charge on any atom is -0.465 e. The molecule has 0 atom stereocenters.